The molecule has 0 radical (unpaired) electrons. The summed E-state index contributed by atoms with van der Waals surface area (Å²) in [5.74, 6) is -0.0840. The van der Waals surface area contributed by atoms with Crippen molar-refractivity contribution in [2.24, 2.45) is 63.2 Å². The highest BCUT2D eigenvalue weighted by atomic mass is 19.1. The quantitative estimate of drug-likeness (QED) is 0.253. The Hall–Kier alpha value is -3.47. The molecule has 2 heterocycles. The first-order chi connectivity index (χ1) is 25.5. The number of aliphatic hydroxyl groups is 1. The summed E-state index contributed by atoms with van der Waals surface area (Å²) in [6.45, 7) is 19.3. The Labute approximate surface area is 325 Å². The number of aliphatic carboxylic acids is 1. The number of carboxylic acids is 1. The van der Waals surface area contributed by atoms with Crippen molar-refractivity contribution in [3.63, 3.8) is 0 Å². The van der Waals surface area contributed by atoms with Gasteiger partial charge in [-0.1, -0.05) is 48.5 Å². The van der Waals surface area contributed by atoms with Gasteiger partial charge in [0.2, 0.25) is 0 Å². The highest BCUT2D eigenvalue weighted by Gasteiger charge is 2.71. The van der Waals surface area contributed by atoms with E-state index >= 15 is 0 Å². The number of esters is 1. The molecule has 2 N–H and O–H groups in total. The molecule has 2 aromatic rings. The van der Waals surface area contributed by atoms with Crippen LogP contribution in [-0.2, 0) is 26.2 Å². The molecule has 0 aliphatic heterocycles. The molecule has 9 atom stereocenters. The standard InChI is InChI=1S/C44H61FN4O6/c1-24(2)33-28(50)21-44(35(52)37-48-47-36(49(37)10)27-13-11-25(45)23-46-27)20-19-42(8)26(34(33)44)12-14-30-41(7)17-16-31(55-32(51)22-39(3,4)38(53)54)40(5,6)29(41)15-18-43(30,42)9/h11,13,23-24,26,29-31,35,52H,12,14-22H2,1-10H3,(H,53,54)/t26-,29+,30-,31+,35?,41+,42-,43-,44-/m1/s1. The van der Waals surface area contributed by atoms with Gasteiger partial charge in [0.25, 0.3) is 0 Å². The van der Waals surface area contributed by atoms with Crippen molar-refractivity contribution in [3.8, 4) is 11.5 Å². The van der Waals surface area contributed by atoms with Gasteiger partial charge in [-0.2, -0.15) is 0 Å². The second-order valence-electron chi connectivity index (χ2n) is 20.3. The van der Waals surface area contributed by atoms with Gasteiger partial charge < -0.3 is 19.5 Å². The number of halogens is 1. The van der Waals surface area contributed by atoms with Gasteiger partial charge in [-0.05, 0) is 128 Å². The molecular weight excluding hydrogens is 700 g/mol. The minimum Gasteiger partial charge on any atom is -0.481 e. The van der Waals surface area contributed by atoms with Crippen molar-refractivity contribution in [1.29, 1.82) is 0 Å². The molecule has 55 heavy (non-hydrogen) atoms. The number of pyridine rings is 1. The Bertz CT molecular complexity index is 1930. The highest BCUT2D eigenvalue weighted by molar-refractivity contribution is 6.00. The van der Waals surface area contributed by atoms with Gasteiger partial charge in [-0.3, -0.25) is 14.4 Å². The number of aromatic nitrogens is 4. The maximum Gasteiger partial charge on any atom is 0.309 e. The molecule has 0 spiro atoms. The fourth-order valence-corrected chi connectivity index (χ4v) is 13.4. The van der Waals surface area contributed by atoms with E-state index in [1.165, 1.54) is 6.07 Å². The number of fused-ring (bicyclic) bond motifs is 7. The largest absolute Gasteiger partial charge is 0.481 e. The van der Waals surface area contributed by atoms with Gasteiger partial charge in [-0.25, -0.2) is 9.37 Å². The molecule has 5 aliphatic carbocycles. The molecule has 1 unspecified atom stereocenters. The third-order valence-electron chi connectivity index (χ3n) is 16.5. The fraction of sp³-hybridized carbons (Fsp3) is 0.727. The zero-order chi connectivity index (χ0) is 40.3. The van der Waals surface area contributed by atoms with Crippen molar-refractivity contribution in [3.05, 3.63) is 41.1 Å². The molecule has 300 valence electrons. The van der Waals surface area contributed by atoms with E-state index in [0.717, 1.165) is 62.3 Å². The fourth-order valence-electron chi connectivity index (χ4n) is 13.4. The number of allylic oxidation sites excluding steroid dienone is 1. The molecule has 10 nitrogen and oxygen atoms in total. The van der Waals surface area contributed by atoms with E-state index in [9.17, 15) is 29.0 Å². The summed E-state index contributed by atoms with van der Waals surface area (Å²) in [5, 5.41) is 31.1. The van der Waals surface area contributed by atoms with E-state index in [1.54, 1.807) is 31.5 Å². The minimum atomic E-state index is -1.19. The highest BCUT2D eigenvalue weighted by Crippen LogP contribution is 2.77. The molecule has 0 bridgehead atoms. The normalized spacial score (nSPS) is 36.1. The first-order valence-electron chi connectivity index (χ1n) is 20.4. The van der Waals surface area contributed by atoms with Crippen molar-refractivity contribution in [1.82, 2.24) is 19.7 Å². The predicted octanol–water partition coefficient (Wildman–Crippen LogP) is 8.44. The number of carbonyl (C=O) groups excluding carboxylic acids is 2. The number of Topliss-reactive ketones (excluding diaryl/α,β-unsaturated/α-hetero) is 1. The van der Waals surface area contributed by atoms with Crippen LogP contribution >= 0.6 is 0 Å². The number of carbonyl (C=O) groups is 3. The van der Waals surface area contributed by atoms with Gasteiger partial charge in [0.1, 0.15) is 23.7 Å². The van der Waals surface area contributed by atoms with Crippen LogP contribution < -0.4 is 0 Å². The van der Waals surface area contributed by atoms with Crippen molar-refractivity contribution >= 4 is 17.7 Å². The second kappa shape index (κ2) is 13.0. The van der Waals surface area contributed by atoms with Crippen LogP contribution in [0.3, 0.4) is 0 Å². The van der Waals surface area contributed by atoms with Gasteiger partial charge in [0.15, 0.2) is 17.4 Å². The van der Waals surface area contributed by atoms with Crippen molar-refractivity contribution < 1.29 is 33.7 Å². The average Bonchev–Trinajstić information content (AvgIpc) is 3.63. The van der Waals surface area contributed by atoms with E-state index in [-0.39, 0.29) is 58.2 Å². The number of ketones is 1. The molecular formula is C44H61FN4O6. The number of carboxylic acid groups (broad SMARTS) is 1. The van der Waals surface area contributed by atoms with Gasteiger partial charge in [0.05, 0.1) is 18.0 Å². The molecule has 5 aliphatic rings. The number of hydrogen-bond donors (Lipinski definition) is 2. The van der Waals surface area contributed by atoms with Crippen molar-refractivity contribution in [2.45, 2.75) is 139 Å². The van der Waals surface area contributed by atoms with Crippen LogP contribution in [-0.4, -0.2) is 53.8 Å². The van der Waals surface area contributed by atoms with E-state index < -0.39 is 34.7 Å². The Morgan fingerprint density at radius 2 is 1.69 bits per heavy atom. The summed E-state index contributed by atoms with van der Waals surface area (Å²) in [4.78, 5) is 43.3. The van der Waals surface area contributed by atoms with Crippen molar-refractivity contribution in [2.75, 3.05) is 0 Å². The van der Waals surface area contributed by atoms with Gasteiger partial charge >= 0.3 is 11.9 Å². The van der Waals surface area contributed by atoms with Crippen LogP contribution in [0.25, 0.3) is 11.5 Å². The lowest BCUT2D eigenvalue weighted by molar-refractivity contribution is -0.235. The predicted molar refractivity (Wildman–Crippen MR) is 204 cm³/mol. The summed E-state index contributed by atoms with van der Waals surface area (Å²) in [6.07, 6.45) is 7.06. The molecule has 4 fully saturated rings. The molecule has 0 aromatic carbocycles. The maximum absolute atomic E-state index is 14.2. The lowest BCUT2D eigenvalue weighted by Gasteiger charge is -2.72. The van der Waals surface area contributed by atoms with Crippen LogP contribution in [0.15, 0.2) is 29.5 Å². The topological polar surface area (TPSA) is 144 Å². The Balaban J connectivity index is 1.21. The SMILES string of the molecule is CC(C)C1=C2[C@H]3CC[C@@H]4[C@@]5(C)CC[C@H](OC(=O)CC(C)(C)C(=O)O)C(C)(C)[C@@H]5CC[C@@]4(C)[C@]3(C)CC[C@@]2(C(O)c2nnc(-c3ccc(F)cn3)n2C)CC1=O. The first kappa shape index (κ1) is 39.8. The molecule has 7 rings (SSSR count). The monoisotopic (exact) mass is 760 g/mol. The van der Waals surface area contributed by atoms with Gasteiger partial charge in [0, 0.05) is 24.3 Å². The summed E-state index contributed by atoms with van der Waals surface area (Å²) in [7, 11) is 1.80. The summed E-state index contributed by atoms with van der Waals surface area (Å²) in [6, 6.07) is 2.88. The van der Waals surface area contributed by atoms with E-state index in [4.69, 9.17) is 4.74 Å². The van der Waals surface area contributed by atoms with Crippen LogP contribution in [0.2, 0.25) is 0 Å². The van der Waals surface area contributed by atoms with Crippen LogP contribution in [0.1, 0.15) is 138 Å². The summed E-state index contributed by atoms with van der Waals surface area (Å²) < 4.78 is 21.6. The number of hydrogen-bond acceptors (Lipinski definition) is 8. The molecule has 11 heteroatoms. The zero-order valence-corrected chi connectivity index (χ0v) is 34.5. The third-order valence-corrected chi connectivity index (χ3v) is 16.5. The molecule has 4 saturated carbocycles. The Kier molecular flexibility index (Phi) is 9.42. The van der Waals surface area contributed by atoms with Crippen LogP contribution in [0.5, 0.6) is 0 Å². The first-order valence-corrected chi connectivity index (χ1v) is 20.4. The van der Waals surface area contributed by atoms with E-state index in [1.807, 2.05) is 0 Å². The summed E-state index contributed by atoms with van der Waals surface area (Å²) >= 11 is 0. The number of nitrogens with zero attached hydrogens (tertiary/aromatic N) is 4. The van der Waals surface area contributed by atoms with Crippen LogP contribution in [0.4, 0.5) is 4.39 Å². The van der Waals surface area contributed by atoms with Gasteiger partial charge in [-0.15, -0.1) is 10.2 Å². The lowest BCUT2D eigenvalue weighted by Crippen LogP contribution is -2.66. The summed E-state index contributed by atoms with van der Waals surface area (Å²) in [5.41, 5.74) is 0.0704. The Morgan fingerprint density at radius 1 is 0.982 bits per heavy atom. The zero-order valence-electron chi connectivity index (χ0n) is 34.5. The lowest BCUT2D eigenvalue weighted by atomic mass is 9.33. The molecule has 2 aromatic heterocycles. The molecule has 0 saturated heterocycles. The number of rotatable bonds is 8. The average molecular weight is 761 g/mol. The minimum absolute atomic E-state index is 0.00590. The maximum atomic E-state index is 14.2. The van der Waals surface area contributed by atoms with E-state index in [0.29, 0.717) is 35.6 Å². The number of ether oxygens (including phenoxy) is 1. The van der Waals surface area contributed by atoms with E-state index in [2.05, 4.69) is 63.6 Å². The van der Waals surface area contributed by atoms with Crippen LogP contribution in [0, 0.1) is 62.0 Å². The Morgan fingerprint density at radius 3 is 2.33 bits per heavy atom. The molecule has 0 amide bonds. The smallest absolute Gasteiger partial charge is 0.309 e. The third kappa shape index (κ3) is 5.70. The number of aliphatic hydroxyl groups excluding tert-OH is 1. The second-order valence-corrected chi connectivity index (χ2v) is 20.3.